The van der Waals surface area contributed by atoms with E-state index in [0.29, 0.717) is 125 Å². The molecule has 1 amide bonds. The largest absolute Gasteiger partial charge is 0.491 e. The molecule has 0 saturated heterocycles. The molecule has 1 rings (SSSR count). The quantitative estimate of drug-likeness (QED) is 0.120. The second-order valence-corrected chi connectivity index (χ2v) is 9.54. The van der Waals surface area contributed by atoms with E-state index in [1.165, 1.54) is 6.92 Å². The molecule has 0 spiro atoms. The Kier molecular flexibility index (Phi) is 27.5. The van der Waals surface area contributed by atoms with Gasteiger partial charge in [0.15, 0.2) is 0 Å². The minimum Gasteiger partial charge on any atom is -0.491 e. The maximum Gasteiger partial charge on any atom is 0.221 e. The fourth-order valence-electron chi connectivity index (χ4n) is 3.22. The van der Waals surface area contributed by atoms with Crippen LogP contribution in [0.1, 0.15) is 27.2 Å². The number of benzene rings is 1. The van der Waals surface area contributed by atoms with Gasteiger partial charge >= 0.3 is 0 Å². The van der Waals surface area contributed by atoms with Gasteiger partial charge in [0, 0.05) is 19.2 Å². The SMILES string of the molecule is CCC(C)COCCOCCOCCOCCOCCOCCOCCOCCOCCOc1ccc(NC(C)=O)cc1. The lowest BCUT2D eigenvalue weighted by molar-refractivity contribution is -0.114. The van der Waals surface area contributed by atoms with E-state index in [9.17, 15) is 4.79 Å². The molecule has 1 aromatic carbocycles. The Morgan fingerprint density at radius 2 is 0.884 bits per heavy atom. The van der Waals surface area contributed by atoms with Crippen LogP contribution in [0.15, 0.2) is 24.3 Å². The van der Waals surface area contributed by atoms with Crippen molar-refractivity contribution in [2.24, 2.45) is 5.92 Å². The number of nitrogens with one attached hydrogen (secondary N) is 1. The van der Waals surface area contributed by atoms with Gasteiger partial charge in [-0.2, -0.15) is 0 Å². The van der Waals surface area contributed by atoms with Crippen LogP contribution >= 0.6 is 0 Å². The molecular formula is C31H55NO11. The van der Waals surface area contributed by atoms with Crippen LogP contribution in [0, 0.1) is 5.92 Å². The molecule has 250 valence electrons. The Morgan fingerprint density at radius 1 is 0.558 bits per heavy atom. The lowest BCUT2D eigenvalue weighted by Crippen LogP contribution is -2.15. The van der Waals surface area contributed by atoms with E-state index >= 15 is 0 Å². The number of hydrogen-bond donors (Lipinski definition) is 1. The lowest BCUT2D eigenvalue weighted by atomic mass is 10.1. The van der Waals surface area contributed by atoms with Crippen molar-refractivity contribution in [2.75, 3.05) is 131 Å². The van der Waals surface area contributed by atoms with E-state index in [1.807, 2.05) is 0 Å². The highest BCUT2D eigenvalue weighted by Gasteiger charge is 2.00. The summed E-state index contributed by atoms with van der Waals surface area (Å²) < 4.78 is 54.9. The van der Waals surface area contributed by atoms with Crippen LogP contribution in [0.3, 0.4) is 0 Å². The summed E-state index contributed by atoms with van der Waals surface area (Å²) in [6.45, 7) is 15.9. The Morgan fingerprint density at radius 3 is 1.21 bits per heavy atom. The zero-order chi connectivity index (χ0) is 31.1. The summed E-state index contributed by atoms with van der Waals surface area (Å²) in [6.07, 6.45) is 1.13. The van der Waals surface area contributed by atoms with Gasteiger partial charge in [0.1, 0.15) is 12.4 Å². The molecule has 1 atom stereocenters. The van der Waals surface area contributed by atoms with E-state index < -0.39 is 0 Å². The van der Waals surface area contributed by atoms with E-state index in [1.54, 1.807) is 24.3 Å². The highest BCUT2D eigenvalue weighted by Crippen LogP contribution is 2.15. The summed E-state index contributed by atoms with van der Waals surface area (Å²) in [5.74, 6) is 1.21. The van der Waals surface area contributed by atoms with Crippen LogP contribution in [0.2, 0.25) is 0 Å². The average molecular weight is 618 g/mol. The Balaban J connectivity index is 1.68. The van der Waals surface area contributed by atoms with Crippen molar-refractivity contribution in [3.8, 4) is 5.75 Å². The molecule has 0 aliphatic rings. The Labute approximate surface area is 257 Å². The second-order valence-electron chi connectivity index (χ2n) is 9.54. The molecule has 0 aliphatic heterocycles. The summed E-state index contributed by atoms with van der Waals surface area (Å²) in [5.41, 5.74) is 0.734. The molecule has 1 unspecified atom stereocenters. The first-order valence-electron chi connectivity index (χ1n) is 15.3. The maximum absolute atomic E-state index is 11.0. The normalized spacial score (nSPS) is 12.0. The van der Waals surface area contributed by atoms with Gasteiger partial charge in [-0.05, 0) is 30.2 Å². The van der Waals surface area contributed by atoms with Crippen LogP contribution in [-0.2, 0) is 47.4 Å². The summed E-state index contributed by atoms with van der Waals surface area (Å²) in [6, 6.07) is 7.18. The molecule has 12 heteroatoms. The van der Waals surface area contributed by atoms with Crippen LogP contribution in [0.4, 0.5) is 5.69 Å². The molecule has 1 N–H and O–H groups in total. The molecule has 12 nitrogen and oxygen atoms in total. The van der Waals surface area contributed by atoms with Gasteiger partial charge in [-0.3, -0.25) is 4.79 Å². The third-order valence-corrected chi connectivity index (χ3v) is 5.75. The highest BCUT2D eigenvalue weighted by atomic mass is 16.6. The molecule has 1 aromatic rings. The van der Waals surface area contributed by atoms with E-state index in [-0.39, 0.29) is 5.91 Å². The number of rotatable bonds is 32. The van der Waals surface area contributed by atoms with Crippen molar-refractivity contribution in [1.82, 2.24) is 0 Å². The minimum absolute atomic E-state index is 0.106. The number of ether oxygens (including phenoxy) is 10. The van der Waals surface area contributed by atoms with Gasteiger partial charge in [-0.15, -0.1) is 0 Å². The molecule has 0 bridgehead atoms. The number of carbonyl (C=O) groups is 1. The molecule has 0 aliphatic carbocycles. The van der Waals surface area contributed by atoms with E-state index in [0.717, 1.165) is 24.5 Å². The van der Waals surface area contributed by atoms with Crippen molar-refractivity contribution in [2.45, 2.75) is 27.2 Å². The first-order valence-corrected chi connectivity index (χ1v) is 15.3. The zero-order valence-electron chi connectivity index (χ0n) is 26.5. The number of carbonyl (C=O) groups excluding carboxylic acids is 1. The average Bonchev–Trinajstić information content (AvgIpc) is 3.00. The van der Waals surface area contributed by atoms with Crippen molar-refractivity contribution in [3.63, 3.8) is 0 Å². The number of hydrogen-bond acceptors (Lipinski definition) is 11. The zero-order valence-corrected chi connectivity index (χ0v) is 26.5. The summed E-state index contributed by atoms with van der Waals surface area (Å²) in [7, 11) is 0. The molecule has 0 saturated carbocycles. The van der Waals surface area contributed by atoms with Crippen molar-refractivity contribution < 1.29 is 52.2 Å². The molecule has 0 heterocycles. The van der Waals surface area contributed by atoms with Gasteiger partial charge in [0.2, 0.25) is 5.91 Å². The molecule has 0 radical (unpaired) electrons. The highest BCUT2D eigenvalue weighted by molar-refractivity contribution is 5.88. The predicted octanol–water partition coefficient (Wildman–Crippen LogP) is 3.22. The third-order valence-electron chi connectivity index (χ3n) is 5.75. The van der Waals surface area contributed by atoms with Crippen LogP contribution in [0.5, 0.6) is 5.75 Å². The maximum atomic E-state index is 11.0. The van der Waals surface area contributed by atoms with Crippen molar-refractivity contribution in [3.05, 3.63) is 24.3 Å². The van der Waals surface area contributed by atoms with Gasteiger partial charge in [0.05, 0.1) is 112 Å². The standard InChI is InChI=1S/C31H55NO11/c1-4-28(2)27-42-24-23-40-20-19-38-16-15-36-12-11-34-9-10-35-13-14-37-17-18-39-21-22-41-25-26-43-31-7-5-30(6-8-31)32-29(3)33/h5-8,28H,4,9-27H2,1-3H3,(H,32,33). The third kappa shape index (κ3) is 27.4. The van der Waals surface area contributed by atoms with Crippen LogP contribution in [0.25, 0.3) is 0 Å². The van der Waals surface area contributed by atoms with Gasteiger partial charge in [-0.25, -0.2) is 0 Å². The van der Waals surface area contributed by atoms with Gasteiger partial charge in [0.25, 0.3) is 0 Å². The fourth-order valence-corrected chi connectivity index (χ4v) is 3.22. The van der Waals surface area contributed by atoms with Crippen LogP contribution < -0.4 is 10.1 Å². The summed E-state index contributed by atoms with van der Waals surface area (Å²) in [5, 5.41) is 2.71. The fraction of sp³-hybridized carbons (Fsp3) is 0.774. The summed E-state index contributed by atoms with van der Waals surface area (Å²) >= 11 is 0. The first-order chi connectivity index (χ1) is 21.1. The molecule has 0 aromatic heterocycles. The molecule has 43 heavy (non-hydrogen) atoms. The van der Waals surface area contributed by atoms with E-state index in [4.69, 9.17) is 47.4 Å². The van der Waals surface area contributed by atoms with Crippen LogP contribution in [-0.4, -0.2) is 131 Å². The minimum atomic E-state index is -0.106. The lowest BCUT2D eigenvalue weighted by Gasteiger charge is -2.10. The Bertz CT molecular complexity index is 739. The Hall–Kier alpha value is -1.87. The number of anilines is 1. The topological polar surface area (TPSA) is 121 Å². The predicted molar refractivity (Wildman–Crippen MR) is 163 cm³/mol. The van der Waals surface area contributed by atoms with E-state index in [2.05, 4.69) is 19.2 Å². The second kappa shape index (κ2) is 30.2. The molecule has 0 fully saturated rings. The van der Waals surface area contributed by atoms with Crippen molar-refractivity contribution in [1.29, 1.82) is 0 Å². The van der Waals surface area contributed by atoms with Gasteiger partial charge < -0.3 is 52.7 Å². The summed E-state index contributed by atoms with van der Waals surface area (Å²) in [4.78, 5) is 11.0. The molecular weight excluding hydrogens is 562 g/mol. The smallest absolute Gasteiger partial charge is 0.221 e. The first kappa shape index (κ1) is 39.2. The van der Waals surface area contributed by atoms with Crippen molar-refractivity contribution >= 4 is 11.6 Å². The number of amides is 1. The van der Waals surface area contributed by atoms with Gasteiger partial charge in [-0.1, -0.05) is 20.3 Å². The monoisotopic (exact) mass is 617 g/mol.